The predicted octanol–water partition coefficient (Wildman–Crippen LogP) is 1.94. The summed E-state index contributed by atoms with van der Waals surface area (Å²) in [6, 6.07) is -0.155. The Bertz CT molecular complexity index is 369. The maximum atomic E-state index is 12.6. The summed E-state index contributed by atoms with van der Waals surface area (Å²) in [5.41, 5.74) is -0.233. The highest BCUT2D eigenvalue weighted by atomic mass is 16.2. The highest BCUT2D eigenvalue weighted by Gasteiger charge is 2.42. The summed E-state index contributed by atoms with van der Waals surface area (Å²) in [4.78, 5) is 26.4. The van der Waals surface area contributed by atoms with E-state index in [-0.39, 0.29) is 35.9 Å². The van der Waals surface area contributed by atoms with E-state index in [4.69, 9.17) is 0 Å². The number of piperazine rings is 1. The van der Waals surface area contributed by atoms with Gasteiger partial charge >= 0.3 is 0 Å². The summed E-state index contributed by atoms with van der Waals surface area (Å²) in [6.45, 7) is 8.35. The number of carbonyl (C=O) groups excluding carboxylic acids is 2. The van der Waals surface area contributed by atoms with Crippen LogP contribution in [-0.2, 0) is 9.59 Å². The van der Waals surface area contributed by atoms with Crippen LogP contribution in [0.25, 0.3) is 0 Å². The molecule has 0 spiro atoms. The molecule has 4 heteroatoms. The van der Waals surface area contributed by atoms with E-state index in [0.717, 1.165) is 18.8 Å². The number of hydrogen-bond donors (Lipinski definition) is 1. The molecule has 2 fully saturated rings. The Morgan fingerprint density at radius 3 is 2.42 bits per heavy atom. The Morgan fingerprint density at radius 2 is 1.95 bits per heavy atom. The highest BCUT2D eigenvalue weighted by molar-refractivity contribution is 5.95. The number of nitrogens with zero attached hydrogens (tertiary/aromatic N) is 1. The molecule has 0 radical (unpaired) electrons. The lowest BCUT2D eigenvalue weighted by Crippen LogP contribution is -2.64. The Kier molecular flexibility index (Phi) is 3.88. The van der Waals surface area contributed by atoms with E-state index < -0.39 is 0 Å². The van der Waals surface area contributed by atoms with Crippen molar-refractivity contribution in [2.75, 3.05) is 6.54 Å². The molecule has 1 N–H and O–H groups in total. The third-order valence-electron chi connectivity index (χ3n) is 4.23. The molecule has 1 aliphatic carbocycles. The van der Waals surface area contributed by atoms with Crippen LogP contribution in [0.1, 0.15) is 53.4 Å². The molecule has 4 nitrogen and oxygen atoms in total. The van der Waals surface area contributed by atoms with Gasteiger partial charge < -0.3 is 10.2 Å². The number of amides is 2. The third-order valence-corrected chi connectivity index (χ3v) is 4.23. The lowest BCUT2D eigenvalue weighted by molar-refractivity contribution is -0.150. The molecule has 2 atom stereocenters. The molecule has 0 aromatic heterocycles. The normalized spacial score (nSPS) is 26.3. The molecule has 108 valence electrons. The maximum absolute atomic E-state index is 12.6. The van der Waals surface area contributed by atoms with E-state index in [1.165, 1.54) is 12.8 Å². The zero-order valence-electron chi connectivity index (χ0n) is 12.5. The zero-order chi connectivity index (χ0) is 14.2. The fourth-order valence-electron chi connectivity index (χ4n) is 2.82. The fourth-order valence-corrected chi connectivity index (χ4v) is 2.82. The molecule has 1 heterocycles. The second-order valence-electron chi connectivity index (χ2n) is 7.07. The minimum absolute atomic E-state index is 0.0197. The topological polar surface area (TPSA) is 49.4 Å². The van der Waals surface area contributed by atoms with Crippen molar-refractivity contribution < 1.29 is 9.59 Å². The summed E-state index contributed by atoms with van der Waals surface area (Å²) < 4.78 is 0. The fraction of sp³-hybridized carbons (Fsp3) is 0.867. The molecule has 1 aliphatic heterocycles. The van der Waals surface area contributed by atoms with Crippen LogP contribution < -0.4 is 5.32 Å². The van der Waals surface area contributed by atoms with Crippen molar-refractivity contribution >= 4 is 11.8 Å². The van der Waals surface area contributed by atoms with Crippen LogP contribution in [-0.4, -0.2) is 35.3 Å². The zero-order valence-corrected chi connectivity index (χ0v) is 12.5. The van der Waals surface area contributed by atoms with E-state index in [1.54, 1.807) is 0 Å². The Balaban J connectivity index is 2.13. The number of rotatable bonds is 4. The van der Waals surface area contributed by atoms with Gasteiger partial charge in [0.25, 0.3) is 0 Å². The van der Waals surface area contributed by atoms with E-state index in [2.05, 4.69) is 12.2 Å². The summed E-state index contributed by atoms with van der Waals surface area (Å²) in [5, 5.41) is 2.85. The van der Waals surface area contributed by atoms with Crippen LogP contribution >= 0.6 is 0 Å². The minimum atomic E-state index is -0.387. The summed E-state index contributed by atoms with van der Waals surface area (Å²) >= 11 is 0. The van der Waals surface area contributed by atoms with E-state index in [9.17, 15) is 9.59 Å². The monoisotopic (exact) mass is 266 g/mol. The Hall–Kier alpha value is -1.06. The molecule has 0 aromatic carbocycles. The van der Waals surface area contributed by atoms with Crippen molar-refractivity contribution in [3.63, 3.8) is 0 Å². The predicted molar refractivity (Wildman–Crippen MR) is 74.5 cm³/mol. The molecule has 2 amide bonds. The molecule has 1 saturated heterocycles. The van der Waals surface area contributed by atoms with Crippen molar-refractivity contribution in [3.8, 4) is 0 Å². The van der Waals surface area contributed by atoms with Gasteiger partial charge in [-0.25, -0.2) is 0 Å². The SMILES string of the molecule is CCC(CC1CC1)N1CC(=O)NC(C(C)(C)C)C1=O. The molecule has 0 aromatic rings. The first-order valence-electron chi connectivity index (χ1n) is 7.42. The van der Waals surface area contributed by atoms with Crippen LogP contribution in [0.2, 0.25) is 0 Å². The molecular formula is C15H26N2O2. The first-order chi connectivity index (χ1) is 8.82. The van der Waals surface area contributed by atoms with Gasteiger partial charge in [0, 0.05) is 6.04 Å². The molecular weight excluding hydrogens is 240 g/mol. The van der Waals surface area contributed by atoms with E-state index in [1.807, 2.05) is 25.7 Å². The lowest BCUT2D eigenvalue weighted by atomic mass is 9.84. The van der Waals surface area contributed by atoms with Gasteiger partial charge in [-0.1, -0.05) is 40.5 Å². The van der Waals surface area contributed by atoms with Gasteiger partial charge in [0.15, 0.2) is 0 Å². The van der Waals surface area contributed by atoms with Gasteiger partial charge in [0.05, 0.1) is 6.54 Å². The number of carbonyl (C=O) groups is 2. The van der Waals surface area contributed by atoms with Gasteiger partial charge in [-0.15, -0.1) is 0 Å². The molecule has 2 unspecified atom stereocenters. The summed E-state index contributed by atoms with van der Waals surface area (Å²) in [7, 11) is 0. The second-order valence-corrected chi connectivity index (χ2v) is 7.07. The van der Waals surface area contributed by atoms with Gasteiger partial charge in [0.2, 0.25) is 11.8 Å². The van der Waals surface area contributed by atoms with E-state index >= 15 is 0 Å². The largest absolute Gasteiger partial charge is 0.342 e. The average molecular weight is 266 g/mol. The first kappa shape index (κ1) is 14.4. The van der Waals surface area contributed by atoms with Crippen LogP contribution in [0.5, 0.6) is 0 Å². The van der Waals surface area contributed by atoms with Gasteiger partial charge in [-0.2, -0.15) is 0 Å². The lowest BCUT2D eigenvalue weighted by Gasteiger charge is -2.42. The minimum Gasteiger partial charge on any atom is -0.342 e. The summed E-state index contributed by atoms with van der Waals surface area (Å²) in [6.07, 6.45) is 4.57. The summed E-state index contributed by atoms with van der Waals surface area (Å²) in [5.74, 6) is 0.851. The van der Waals surface area contributed by atoms with Gasteiger partial charge in [-0.05, 0) is 24.2 Å². The Labute approximate surface area is 115 Å². The molecule has 2 rings (SSSR count). The van der Waals surface area contributed by atoms with Crippen LogP contribution in [0.3, 0.4) is 0 Å². The van der Waals surface area contributed by atoms with Crippen LogP contribution in [0.15, 0.2) is 0 Å². The highest BCUT2D eigenvalue weighted by Crippen LogP contribution is 2.36. The quantitative estimate of drug-likeness (QED) is 0.845. The molecule has 2 aliphatic rings. The second kappa shape index (κ2) is 5.14. The van der Waals surface area contributed by atoms with Crippen molar-refractivity contribution in [1.82, 2.24) is 10.2 Å². The smallest absolute Gasteiger partial charge is 0.246 e. The van der Waals surface area contributed by atoms with Gasteiger partial charge in [0.1, 0.15) is 6.04 Å². The van der Waals surface area contributed by atoms with Crippen LogP contribution in [0, 0.1) is 11.3 Å². The van der Waals surface area contributed by atoms with Crippen molar-refractivity contribution in [2.45, 2.75) is 65.5 Å². The van der Waals surface area contributed by atoms with E-state index in [0.29, 0.717) is 0 Å². The first-order valence-corrected chi connectivity index (χ1v) is 7.42. The maximum Gasteiger partial charge on any atom is 0.246 e. The number of nitrogens with one attached hydrogen (secondary N) is 1. The Morgan fingerprint density at radius 1 is 1.32 bits per heavy atom. The van der Waals surface area contributed by atoms with Crippen molar-refractivity contribution in [3.05, 3.63) is 0 Å². The molecule has 0 bridgehead atoms. The number of hydrogen-bond acceptors (Lipinski definition) is 2. The molecule has 1 saturated carbocycles. The van der Waals surface area contributed by atoms with Crippen molar-refractivity contribution in [2.24, 2.45) is 11.3 Å². The molecule has 19 heavy (non-hydrogen) atoms. The van der Waals surface area contributed by atoms with Gasteiger partial charge in [-0.3, -0.25) is 9.59 Å². The third kappa shape index (κ3) is 3.28. The van der Waals surface area contributed by atoms with Crippen LogP contribution in [0.4, 0.5) is 0 Å². The average Bonchev–Trinajstić information content (AvgIpc) is 3.11. The standard InChI is InChI=1S/C15H26N2O2/c1-5-11(8-10-6-7-10)17-9-12(18)16-13(14(17)19)15(2,3)4/h10-11,13H,5-9H2,1-4H3,(H,16,18). The van der Waals surface area contributed by atoms with Crippen molar-refractivity contribution in [1.29, 1.82) is 0 Å².